The molecule has 0 aromatic rings. The number of carbonyl (C=O) groups is 2. The van der Waals surface area contributed by atoms with Gasteiger partial charge in [0.2, 0.25) is 0 Å². The van der Waals surface area contributed by atoms with E-state index in [0.29, 0.717) is 13.0 Å². The average molecular weight is 343 g/mol. The van der Waals surface area contributed by atoms with Crippen molar-refractivity contribution in [3.05, 3.63) is 0 Å². The summed E-state index contributed by atoms with van der Waals surface area (Å²) in [5, 5.41) is 10.0. The predicted octanol–water partition coefficient (Wildman–Crippen LogP) is 5.01. The zero-order chi connectivity index (χ0) is 19.5. The summed E-state index contributed by atoms with van der Waals surface area (Å²) in [4.78, 5) is 25.5. The Labute approximate surface area is 148 Å². The maximum absolute atomic E-state index is 13.3. The van der Waals surface area contributed by atoms with E-state index in [4.69, 9.17) is 4.74 Å². The Morgan fingerprint density at radius 2 is 1.38 bits per heavy atom. The predicted molar refractivity (Wildman–Crippen MR) is 97.7 cm³/mol. The van der Waals surface area contributed by atoms with Gasteiger partial charge in [0.05, 0.1) is 17.9 Å². The summed E-state index contributed by atoms with van der Waals surface area (Å²) in [6.45, 7) is 19.8. The molecule has 0 aromatic heterocycles. The van der Waals surface area contributed by atoms with Crippen LogP contribution in [0.5, 0.6) is 0 Å². The minimum atomic E-state index is -1.08. The van der Waals surface area contributed by atoms with Gasteiger partial charge in [-0.05, 0) is 29.1 Å². The van der Waals surface area contributed by atoms with Gasteiger partial charge in [0.1, 0.15) is 0 Å². The van der Waals surface area contributed by atoms with E-state index in [-0.39, 0.29) is 17.8 Å². The largest absolute Gasteiger partial charge is 0.481 e. The third-order valence-electron chi connectivity index (χ3n) is 4.59. The van der Waals surface area contributed by atoms with Crippen LogP contribution in [0.2, 0.25) is 0 Å². The molecule has 0 amide bonds. The number of carbonyl (C=O) groups excluding carboxylic acids is 1. The fraction of sp³-hybridized carbons (Fsp3) is 0.900. The fourth-order valence-corrected chi connectivity index (χ4v) is 3.70. The number of rotatable bonds is 7. The van der Waals surface area contributed by atoms with Crippen molar-refractivity contribution in [1.82, 2.24) is 0 Å². The smallest absolute Gasteiger partial charge is 0.313 e. The van der Waals surface area contributed by atoms with Gasteiger partial charge in [0, 0.05) is 0 Å². The molecule has 0 aromatic carbocycles. The number of esters is 1. The molecule has 0 spiro atoms. The topological polar surface area (TPSA) is 63.6 Å². The monoisotopic (exact) mass is 342 g/mol. The lowest BCUT2D eigenvalue weighted by Gasteiger charge is -2.51. The van der Waals surface area contributed by atoms with Crippen LogP contribution in [0.1, 0.15) is 75.7 Å². The number of hydrogen-bond acceptors (Lipinski definition) is 3. The van der Waals surface area contributed by atoms with Crippen LogP contribution in [0.25, 0.3) is 0 Å². The maximum atomic E-state index is 13.3. The number of aliphatic carboxylic acids is 1. The first-order valence-electron chi connectivity index (χ1n) is 8.97. The molecule has 142 valence electrons. The summed E-state index contributed by atoms with van der Waals surface area (Å²) in [7, 11) is 0. The van der Waals surface area contributed by atoms with E-state index < -0.39 is 28.1 Å². The van der Waals surface area contributed by atoms with Crippen LogP contribution in [-0.2, 0) is 14.3 Å². The van der Waals surface area contributed by atoms with Crippen molar-refractivity contribution in [2.75, 3.05) is 6.61 Å². The molecule has 2 unspecified atom stereocenters. The average Bonchev–Trinajstić information content (AvgIpc) is 2.30. The van der Waals surface area contributed by atoms with Gasteiger partial charge in [0.25, 0.3) is 0 Å². The Morgan fingerprint density at radius 1 is 0.917 bits per heavy atom. The second-order valence-corrected chi connectivity index (χ2v) is 9.95. The van der Waals surface area contributed by atoms with Gasteiger partial charge in [-0.1, -0.05) is 69.2 Å². The zero-order valence-electron chi connectivity index (χ0n) is 17.3. The summed E-state index contributed by atoms with van der Waals surface area (Å²) < 4.78 is 5.62. The van der Waals surface area contributed by atoms with Crippen molar-refractivity contribution in [1.29, 1.82) is 0 Å². The molecule has 0 rings (SSSR count). The lowest BCUT2D eigenvalue weighted by Crippen LogP contribution is -2.57. The number of ether oxygens (including phenoxy) is 1. The molecule has 4 nitrogen and oxygen atoms in total. The van der Waals surface area contributed by atoms with Gasteiger partial charge in [0.15, 0.2) is 0 Å². The first-order valence-corrected chi connectivity index (χ1v) is 8.97. The molecule has 0 aliphatic carbocycles. The third-order valence-corrected chi connectivity index (χ3v) is 4.59. The Hall–Kier alpha value is -1.06. The second kappa shape index (κ2) is 7.88. The van der Waals surface area contributed by atoms with E-state index >= 15 is 0 Å². The van der Waals surface area contributed by atoms with Gasteiger partial charge in [-0.15, -0.1) is 0 Å². The Bertz CT molecular complexity index is 438. The minimum Gasteiger partial charge on any atom is -0.481 e. The van der Waals surface area contributed by atoms with Crippen molar-refractivity contribution in [2.24, 2.45) is 34.0 Å². The third kappa shape index (κ3) is 5.22. The number of carboxylic acids is 1. The molecule has 1 N–H and O–H groups in total. The van der Waals surface area contributed by atoms with Crippen LogP contribution in [0.4, 0.5) is 0 Å². The van der Waals surface area contributed by atoms with Crippen LogP contribution in [0, 0.1) is 34.0 Å². The Balaban J connectivity index is 6.39. The fourth-order valence-electron chi connectivity index (χ4n) is 3.70. The van der Waals surface area contributed by atoms with Gasteiger partial charge < -0.3 is 9.84 Å². The second-order valence-electron chi connectivity index (χ2n) is 9.95. The molecule has 2 atom stereocenters. The van der Waals surface area contributed by atoms with Gasteiger partial charge in [-0.2, -0.15) is 0 Å². The van der Waals surface area contributed by atoms with E-state index in [1.807, 2.05) is 69.2 Å². The van der Waals surface area contributed by atoms with Crippen LogP contribution in [0.15, 0.2) is 0 Å². The van der Waals surface area contributed by atoms with E-state index in [0.717, 1.165) is 0 Å². The van der Waals surface area contributed by atoms with Crippen LogP contribution in [0.3, 0.4) is 0 Å². The van der Waals surface area contributed by atoms with Gasteiger partial charge in [-0.3, -0.25) is 9.59 Å². The minimum absolute atomic E-state index is 0.181. The molecular weight excluding hydrogens is 304 g/mol. The highest BCUT2D eigenvalue weighted by atomic mass is 16.5. The lowest BCUT2D eigenvalue weighted by molar-refractivity contribution is -0.188. The van der Waals surface area contributed by atoms with E-state index in [1.165, 1.54) is 0 Å². The van der Waals surface area contributed by atoms with Crippen LogP contribution >= 0.6 is 0 Å². The zero-order valence-corrected chi connectivity index (χ0v) is 17.3. The SMILES string of the molecule is CC(C)COC(=O)C(CC(C)C)(C(C(=O)O)C(C)(C)C)C(C)(C)C. The van der Waals surface area contributed by atoms with E-state index in [2.05, 4.69) is 0 Å². The molecule has 0 heterocycles. The molecule has 0 saturated heterocycles. The number of hydrogen-bond donors (Lipinski definition) is 1. The van der Waals surface area contributed by atoms with Crippen LogP contribution < -0.4 is 0 Å². The van der Waals surface area contributed by atoms with Crippen molar-refractivity contribution in [2.45, 2.75) is 75.7 Å². The highest BCUT2D eigenvalue weighted by molar-refractivity contribution is 5.86. The lowest BCUT2D eigenvalue weighted by atomic mass is 9.51. The summed E-state index contributed by atoms with van der Waals surface area (Å²) in [5.74, 6) is -1.74. The molecule has 4 heteroatoms. The molecule has 0 radical (unpaired) electrons. The number of carboxylic acid groups (broad SMARTS) is 1. The highest BCUT2D eigenvalue weighted by Gasteiger charge is 2.61. The van der Waals surface area contributed by atoms with Crippen LogP contribution in [-0.4, -0.2) is 23.7 Å². The first kappa shape index (κ1) is 22.9. The molecule has 0 aliphatic rings. The molecule has 0 fully saturated rings. The maximum Gasteiger partial charge on any atom is 0.313 e. The Morgan fingerprint density at radius 3 is 1.62 bits per heavy atom. The molecular formula is C20H38O4. The quantitative estimate of drug-likeness (QED) is 0.660. The summed E-state index contributed by atoms with van der Waals surface area (Å²) in [6, 6.07) is 0. The standard InChI is InChI=1S/C20H38O4/c1-13(2)11-20(19(8,9)10,17(23)24-12-14(3)4)15(16(21)22)18(5,6)7/h13-15H,11-12H2,1-10H3,(H,21,22). The van der Waals surface area contributed by atoms with Crippen molar-refractivity contribution in [3.8, 4) is 0 Å². The normalized spacial score (nSPS) is 16.8. The molecule has 24 heavy (non-hydrogen) atoms. The molecule has 0 aliphatic heterocycles. The highest BCUT2D eigenvalue weighted by Crippen LogP contribution is 2.55. The van der Waals surface area contributed by atoms with Crippen molar-refractivity contribution >= 4 is 11.9 Å². The van der Waals surface area contributed by atoms with Crippen molar-refractivity contribution < 1.29 is 19.4 Å². The van der Waals surface area contributed by atoms with Crippen molar-refractivity contribution in [3.63, 3.8) is 0 Å². The summed E-state index contributed by atoms with van der Waals surface area (Å²) in [6.07, 6.45) is 0.488. The van der Waals surface area contributed by atoms with Gasteiger partial charge in [-0.25, -0.2) is 0 Å². The summed E-state index contributed by atoms with van der Waals surface area (Å²) >= 11 is 0. The molecule has 0 saturated carbocycles. The van der Waals surface area contributed by atoms with E-state index in [9.17, 15) is 14.7 Å². The summed E-state index contributed by atoms with van der Waals surface area (Å²) in [5.41, 5.74) is -2.19. The Kier molecular flexibility index (Phi) is 7.53. The van der Waals surface area contributed by atoms with Gasteiger partial charge >= 0.3 is 11.9 Å². The van der Waals surface area contributed by atoms with E-state index in [1.54, 1.807) is 0 Å². The molecule has 0 bridgehead atoms. The first-order chi connectivity index (χ1) is 10.6.